The second-order valence-corrected chi connectivity index (χ2v) is 9.47. The molecule has 0 radical (unpaired) electrons. The van der Waals surface area contributed by atoms with Crippen LogP contribution in [0.1, 0.15) is 31.2 Å². The fourth-order valence-corrected chi connectivity index (χ4v) is 4.46. The van der Waals surface area contributed by atoms with Gasteiger partial charge < -0.3 is 15.3 Å². The van der Waals surface area contributed by atoms with E-state index in [-0.39, 0.29) is 12.1 Å². The lowest BCUT2D eigenvalue weighted by Gasteiger charge is -2.41. The van der Waals surface area contributed by atoms with E-state index >= 15 is 0 Å². The van der Waals surface area contributed by atoms with Gasteiger partial charge in [-0.25, -0.2) is 4.98 Å². The van der Waals surface area contributed by atoms with Gasteiger partial charge in [-0.3, -0.25) is 4.21 Å². The van der Waals surface area contributed by atoms with Crippen LogP contribution in [0.4, 0.5) is 11.8 Å². The van der Waals surface area contributed by atoms with Crippen molar-refractivity contribution in [1.29, 1.82) is 0 Å². The monoisotopic (exact) mass is 432 g/mol. The summed E-state index contributed by atoms with van der Waals surface area (Å²) in [6.07, 6.45) is 9.18. The normalized spacial score (nSPS) is 19.3. The molecule has 29 heavy (non-hydrogen) atoms. The Bertz CT molecular complexity index is 939. The van der Waals surface area contributed by atoms with Gasteiger partial charge in [-0.2, -0.15) is 4.98 Å². The van der Waals surface area contributed by atoms with Gasteiger partial charge >= 0.3 is 0 Å². The van der Waals surface area contributed by atoms with Crippen LogP contribution >= 0.6 is 11.6 Å². The van der Waals surface area contributed by atoms with Gasteiger partial charge in [0, 0.05) is 24.4 Å². The third-order valence-corrected chi connectivity index (χ3v) is 6.93. The number of rotatable bonds is 6. The summed E-state index contributed by atoms with van der Waals surface area (Å²) in [4.78, 5) is 11.8. The van der Waals surface area contributed by atoms with E-state index in [0.29, 0.717) is 23.2 Å². The minimum Gasteiger partial charge on any atom is -0.394 e. The number of hydrogen-bond donors (Lipinski definition) is 2. The van der Waals surface area contributed by atoms with Crippen molar-refractivity contribution in [3.05, 3.63) is 47.1 Å². The van der Waals surface area contributed by atoms with Crippen molar-refractivity contribution in [2.45, 2.75) is 36.1 Å². The van der Waals surface area contributed by atoms with E-state index in [1.165, 1.54) is 11.1 Å². The molecule has 1 fully saturated rings. The van der Waals surface area contributed by atoms with Crippen LogP contribution in [0.5, 0.6) is 0 Å². The maximum atomic E-state index is 12.2. The largest absolute Gasteiger partial charge is 0.394 e. The third-order valence-electron chi connectivity index (χ3n) is 5.76. The van der Waals surface area contributed by atoms with Crippen molar-refractivity contribution in [1.82, 2.24) is 9.97 Å². The second kappa shape index (κ2) is 8.42. The molecular weight excluding hydrogens is 408 g/mol. The average molecular weight is 433 g/mol. The molecule has 0 spiro atoms. The minimum atomic E-state index is -1.21. The van der Waals surface area contributed by atoms with E-state index in [1.807, 2.05) is 24.3 Å². The predicted octanol–water partition coefficient (Wildman–Crippen LogP) is 3.49. The lowest BCUT2D eigenvalue weighted by molar-refractivity contribution is 0.143. The van der Waals surface area contributed by atoms with Crippen molar-refractivity contribution < 1.29 is 9.32 Å². The van der Waals surface area contributed by atoms with Crippen molar-refractivity contribution in [3.63, 3.8) is 0 Å². The Kier molecular flexibility index (Phi) is 5.90. The van der Waals surface area contributed by atoms with Gasteiger partial charge in [0.1, 0.15) is 5.82 Å². The topological polar surface area (TPSA) is 78.4 Å². The molecule has 2 heterocycles. The summed E-state index contributed by atoms with van der Waals surface area (Å²) < 4.78 is 12.2. The Balaban J connectivity index is 1.55. The third kappa shape index (κ3) is 4.32. The Labute approximate surface area is 178 Å². The van der Waals surface area contributed by atoms with Crippen LogP contribution in [0.3, 0.4) is 0 Å². The number of aliphatic hydroxyl groups excluding tert-OH is 1. The quantitative estimate of drug-likeness (QED) is 0.727. The van der Waals surface area contributed by atoms with E-state index in [0.717, 1.165) is 37.3 Å². The molecule has 1 aromatic heterocycles. The molecule has 2 aromatic rings. The van der Waals surface area contributed by atoms with Crippen molar-refractivity contribution in [3.8, 4) is 0 Å². The number of halogens is 1. The molecule has 0 amide bonds. The van der Waals surface area contributed by atoms with Crippen molar-refractivity contribution >= 4 is 39.7 Å². The fourth-order valence-electron chi connectivity index (χ4n) is 3.77. The zero-order chi connectivity index (χ0) is 20.4. The zero-order valence-electron chi connectivity index (χ0n) is 16.4. The Morgan fingerprint density at radius 3 is 2.62 bits per heavy atom. The molecule has 6 nitrogen and oxygen atoms in total. The number of hydrogen-bond acceptors (Lipinski definition) is 6. The molecule has 1 saturated carbocycles. The first-order chi connectivity index (χ1) is 14.0. The number of nitrogens with one attached hydrogen (secondary N) is 1. The standard InChI is InChI=1S/C21H25ClN4O2S/c1-29(28)18-13-23-20(24-19(18)25-21(14-27)9-2-10-21)26-11-7-16(8-12-26)15-3-5-17(22)6-4-15/h3-7,13,27H,2,8-12,14H2,1H3,(H,23,24,25). The average Bonchev–Trinajstić information content (AvgIpc) is 2.71. The zero-order valence-corrected chi connectivity index (χ0v) is 18.0. The van der Waals surface area contributed by atoms with E-state index in [2.05, 4.69) is 21.3 Å². The summed E-state index contributed by atoms with van der Waals surface area (Å²) in [5.41, 5.74) is 2.11. The lowest BCUT2D eigenvalue weighted by Crippen LogP contribution is -2.48. The molecule has 154 valence electrons. The molecule has 1 aromatic carbocycles. The fraction of sp³-hybridized carbons (Fsp3) is 0.429. The van der Waals surface area contributed by atoms with Gasteiger partial charge in [0.2, 0.25) is 5.95 Å². The van der Waals surface area contributed by atoms with E-state index in [1.54, 1.807) is 12.5 Å². The minimum absolute atomic E-state index is 0.0407. The first-order valence-corrected chi connectivity index (χ1v) is 11.7. The number of benzene rings is 1. The molecule has 0 bridgehead atoms. The van der Waals surface area contributed by atoms with Crippen molar-refractivity contribution in [2.24, 2.45) is 0 Å². The van der Waals surface area contributed by atoms with Crippen LogP contribution in [0.15, 0.2) is 41.4 Å². The molecule has 0 saturated heterocycles. The van der Waals surface area contributed by atoms with Crippen LogP contribution in [0.25, 0.3) is 5.57 Å². The van der Waals surface area contributed by atoms with Crippen LogP contribution < -0.4 is 10.2 Å². The highest BCUT2D eigenvalue weighted by Gasteiger charge is 2.37. The lowest BCUT2D eigenvalue weighted by atomic mass is 9.77. The Morgan fingerprint density at radius 2 is 2.07 bits per heavy atom. The number of anilines is 2. The molecule has 2 aliphatic rings. The van der Waals surface area contributed by atoms with E-state index in [9.17, 15) is 9.32 Å². The van der Waals surface area contributed by atoms with E-state index < -0.39 is 10.8 Å². The van der Waals surface area contributed by atoms with Crippen LogP contribution in [0.2, 0.25) is 5.02 Å². The number of aromatic nitrogens is 2. The highest BCUT2D eigenvalue weighted by molar-refractivity contribution is 7.84. The molecule has 1 aliphatic heterocycles. The second-order valence-electron chi connectivity index (χ2n) is 7.69. The molecule has 1 aliphatic carbocycles. The maximum absolute atomic E-state index is 12.2. The van der Waals surface area contributed by atoms with Gasteiger partial charge in [-0.1, -0.05) is 29.8 Å². The first-order valence-electron chi connectivity index (χ1n) is 9.79. The SMILES string of the molecule is CS(=O)c1cnc(N2CC=C(c3ccc(Cl)cc3)CC2)nc1NC1(CO)CCC1. The van der Waals surface area contributed by atoms with Crippen LogP contribution in [-0.4, -0.2) is 50.8 Å². The highest BCUT2D eigenvalue weighted by atomic mass is 35.5. The summed E-state index contributed by atoms with van der Waals surface area (Å²) in [7, 11) is -1.21. The van der Waals surface area contributed by atoms with Crippen molar-refractivity contribution in [2.75, 3.05) is 36.2 Å². The maximum Gasteiger partial charge on any atom is 0.227 e. The Hall–Kier alpha value is -1.96. The van der Waals surface area contributed by atoms with Crippen LogP contribution in [0, 0.1) is 0 Å². The molecule has 8 heteroatoms. The summed E-state index contributed by atoms with van der Waals surface area (Å²) in [5.74, 6) is 1.18. The molecule has 2 N–H and O–H groups in total. The molecule has 1 atom stereocenters. The van der Waals surface area contributed by atoms with Gasteiger partial charge in [0.25, 0.3) is 0 Å². The van der Waals surface area contributed by atoms with Gasteiger partial charge in [-0.15, -0.1) is 0 Å². The smallest absolute Gasteiger partial charge is 0.227 e. The van der Waals surface area contributed by atoms with E-state index in [4.69, 9.17) is 16.6 Å². The van der Waals surface area contributed by atoms with Gasteiger partial charge in [0.15, 0.2) is 0 Å². The summed E-state index contributed by atoms with van der Waals surface area (Å²) in [6, 6.07) is 7.90. The number of aliphatic hydroxyl groups is 1. The number of nitrogens with zero attached hydrogens (tertiary/aromatic N) is 3. The first kappa shape index (κ1) is 20.3. The van der Waals surface area contributed by atoms with Gasteiger partial charge in [-0.05, 0) is 49.0 Å². The summed E-state index contributed by atoms with van der Waals surface area (Å²) in [6.45, 7) is 1.55. The molecular formula is C21H25ClN4O2S. The Morgan fingerprint density at radius 1 is 1.31 bits per heavy atom. The highest BCUT2D eigenvalue weighted by Crippen LogP contribution is 2.36. The molecule has 4 rings (SSSR count). The predicted molar refractivity (Wildman–Crippen MR) is 118 cm³/mol. The van der Waals surface area contributed by atoms with Gasteiger partial charge in [0.05, 0.1) is 34.0 Å². The summed E-state index contributed by atoms with van der Waals surface area (Å²) >= 11 is 5.99. The molecule has 1 unspecified atom stereocenters. The summed E-state index contributed by atoms with van der Waals surface area (Å²) in [5, 5.41) is 13.9. The van der Waals surface area contributed by atoms with Crippen LogP contribution in [-0.2, 0) is 10.8 Å².